The van der Waals surface area contributed by atoms with Gasteiger partial charge in [-0.05, 0) is 30.7 Å². The first kappa shape index (κ1) is 21.5. The van der Waals surface area contributed by atoms with Gasteiger partial charge in [0, 0.05) is 17.8 Å². The van der Waals surface area contributed by atoms with Crippen molar-refractivity contribution >= 4 is 45.1 Å². The number of hydrogen-bond donors (Lipinski definition) is 1. The largest absolute Gasteiger partial charge is 0.503 e. The molecule has 1 aliphatic rings. The lowest BCUT2D eigenvalue weighted by molar-refractivity contribution is -0.117. The molecule has 34 heavy (non-hydrogen) atoms. The van der Waals surface area contributed by atoms with Crippen molar-refractivity contribution in [3.63, 3.8) is 0 Å². The topological polar surface area (TPSA) is 123 Å². The molecule has 0 fully saturated rings. The third-order valence-electron chi connectivity index (χ3n) is 5.46. The van der Waals surface area contributed by atoms with Crippen molar-refractivity contribution in [3.8, 4) is 0 Å². The zero-order valence-electron chi connectivity index (χ0n) is 18.0. The van der Waals surface area contributed by atoms with Gasteiger partial charge in [-0.1, -0.05) is 35.6 Å². The number of carbonyl (C=O) groups is 3. The maximum atomic E-state index is 13.6. The average molecular weight is 475 g/mol. The van der Waals surface area contributed by atoms with Gasteiger partial charge in [-0.2, -0.15) is 0 Å². The van der Waals surface area contributed by atoms with E-state index >= 15 is 0 Å². The number of para-hydroxylation sites is 1. The van der Waals surface area contributed by atoms with Crippen molar-refractivity contribution in [2.45, 2.75) is 13.0 Å². The normalized spacial score (nSPS) is 15.9. The number of pyridine rings is 1. The van der Waals surface area contributed by atoms with E-state index < -0.39 is 29.5 Å². The second kappa shape index (κ2) is 8.23. The summed E-state index contributed by atoms with van der Waals surface area (Å²) in [6.07, 6.45) is 3.05. The number of aliphatic hydroxyl groups is 1. The van der Waals surface area contributed by atoms with Crippen LogP contribution in [-0.4, -0.2) is 39.8 Å². The van der Waals surface area contributed by atoms with E-state index in [1.807, 2.05) is 6.07 Å². The molecule has 0 saturated heterocycles. The zero-order valence-corrected chi connectivity index (χ0v) is 18.8. The molecule has 0 saturated carbocycles. The van der Waals surface area contributed by atoms with Crippen molar-refractivity contribution in [2.75, 3.05) is 12.0 Å². The molecule has 10 heteroatoms. The highest BCUT2D eigenvalue weighted by molar-refractivity contribution is 7.17. The Balaban J connectivity index is 1.64. The Morgan fingerprint density at radius 1 is 1.21 bits per heavy atom. The number of hydrogen-bond acceptors (Lipinski definition) is 9. The molecule has 1 aliphatic heterocycles. The van der Waals surface area contributed by atoms with Gasteiger partial charge in [0.25, 0.3) is 5.91 Å². The number of aryl methyl sites for hydroxylation is 1. The molecule has 1 N–H and O–H groups in total. The van der Waals surface area contributed by atoms with Crippen LogP contribution in [0.2, 0.25) is 0 Å². The quantitative estimate of drug-likeness (QED) is 0.337. The molecule has 1 amide bonds. The summed E-state index contributed by atoms with van der Waals surface area (Å²) in [7, 11) is 1.25. The molecule has 0 spiro atoms. The minimum absolute atomic E-state index is 0.0168. The first-order valence-electron chi connectivity index (χ1n) is 10.2. The summed E-state index contributed by atoms with van der Waals surface area (Å²) in [5.41, 5.74) is 1.18. The van der Waals surface area contributed by atoms with E-state index in [2.05, 4.69) is 9.97 Å². The number of ketones is 1. The molecule has 170 valence electrons. The average Bonchev–Trinajstić information content (AvgIpc) is 3.53. The van der Waals surface area contributed by atoms with Crippen molar-refractivity contribution < 1.29 is 28.6 Å². The highest BCUT2D eigenvalue weighted by Gasteiger charge is 2.47. The van der Waals surface area contributed by atoms with E-state index in [1.165, 1.54) is 18.2 Å². The predicted molar refractivity (Wildman–Crippen MR) is 123 cm³/mol. The number of carbonyl (C=O) groups excluding carboxylic acids is 3. The van der Waals surface area contributed by atoms with Gasteiger partial charge in [0.15, 0.2) is 16.7 Å². The standard InChI is InChI=1S/C24H17N3O6S/c1-12-21(23(31)32-2)34-24(26-12)27-18(14-7-5-9-25-11-14)17(20(29)22(27)30)19(28)16-10-13-6-3-4-8-15(13)33-16/h3-11,18,29H,1-2H3. The van der Waals surface area contributed by atoms with E-state index in [-0.39, 0.29) is 21.3 Å². The van der Waals surface area contributed by atoms with Crippen LogP contribution in [0.3, 0.4) is 0 Å². The van der Waals surface area contributed by atoms with Gasteiger partial charge in [-0.15, -0.1) is 0 Å². The van der Waals surface area contributed by atoms with Gasteiger partial charge in [0.2, 0.25) is 5.78 Å². The highest BCUT2D eigenvalue weighted by Crippen LogP contribution is 2.43. The van der Waals surface area contributed by atoms with E-state index in [0.717, 1.165) is 11.3 Å². The molecule has 1 unspecified atom stereocenters. The van der Waals surface area contributed by atoms with Gasteiger partial charge < -0.3 is 14.3 Å². The number of methoxy groups -OCH3 is 1. The lowest BCUT2D eigenvalue weighted by Gasteiger charge is -2.23. The van der Waals surface area contributed by atoms with Crippen LogP contribution in [0.25, 0.3) is 11.0 Å². The molecule has 0 radical (unpaired) electrons. The summed E-state index contributed by atoms with van der Waals surface area (Å²) in [5, 5.41) is 11.7. The number of Topliss-reactive ketones (excluding diaryl/α,β-unsaturated/α-hetero) is 1. The SMILES string of the molecule is COC(=O)c1sc(N2C(=O)C(O)=C(C(=O)c3cc4ccccc4o3)C2c2cccnc2)nc1C. The number of fused-ring (bicyclic) bond motifs is 1. The number of anilines is 1. The van der Waals surface area contributed by atoms with Crippen molar-refractivity contribution in [3.05, 3.63) is 88.1 Å². The van der Waals surface area contributed by atoms with Gasteiger partial charge in [0.1, 0.15) is 10.5 Å². The maximum absolute atomic E-state index is 13.6. The second-order valence-corrected chi connectivity index (χ2v) is 8.48. The molecule has 1 aromatic carbocycles. The Kier molecular flexibility index (Phi) is 5.21. The van der Waals surface area contributed by atoms with Crippen LogP contribution in [0.1, 0.15) is 37.5 Å². The molecule has 0 bridgehead atoms. The highest BCUT2D eigenvalue weighted by atomic mass is 32.1. The molecular formula is C24H17N3O6S. The number of thiazole rings is 1. The fraction of sp³-hybridized carbons (Fsp3) is 0.125. The van der Waals surface area contributed by atoms with Crippen LogP contribution in [0.4, 0.5) is 5.13 Å². The Morgan fingerprint density at radius 3 is 2.71 bits per heavy atom. The molecular weight excluding hydrogens is 458 g/mol. The maximum Gasteiger partial charge on any atom is 0.350 e. The number of amides is 1. The summed E-state index contributed by atoms with van der Waals surface area (Å²) >= 11 is 0.934. The number of ether oxygens (including phenoxy) is 1. The number of esters is 1. The minimum Gasteiger partial charge on any atom is -0.503 e. The zero-order chi connectivity index (χ0) is 24.0. The third-order valence-corrected chi connectivity index (χ3v) is 6.60. The molecule has 4 aromatic rings. The number of furan rings is 1. The van der Waals surface area contributed by atoms with Crippen LogP contribution in [0.15, 0.2) is 70.6 Å². The van der Waals surface area contributed by atoms with Crippen molar-refractivity contribution in [1.29, 1.82) is 0 Å². The van der Waals surface area contributed by atoms with Gasteiger partial charge in [-0.3, -0.25) is 19.5 Å². The number of aliphatic hydroxyl groups excluding tert-OH is 1. The third kappa shape index (κ3) is 3.35. The Labute approximate surface area is 196 Å². The number of benzene rings is 1. The summed E-state index contributed by atoms with van der Waals surface area (Å²) in [6, 6.07) is 11.0. The van der Waals surface area contributed by atoms with Crippen LogP contribution >= 0.6 is 11.3 Å². The van der Waals surface area contributed by atoms with Crippen LogP contribution < -0.4 is 4.90 Å². The van der Waals surface area contributed by atoms with E-state index in [9.17, 15) is 19.5 Å². The lowest BCUT2D eigenvalue weighted by Crippen LogP contribution is -2.31. The lowest BCUT2D eigenvalue weighted by atomic mass is 9.96. The fourth-order valence-corrected chi connectivity index (χ4v) is 4.89. The smallest absolute Gasteiger partial charge is 0.350 e. The van der Waals surface area contributed by atoms with Gasteiger partial charge in [0.05, 0.1) is 24.4 Å². The van der Waals surface area contributed by atoms with Crippen molar-refractivity contribution in [2.24, 2.45) is 0 Å². The monoisotopic (exact) mass is 475 g/mol. The number of aromatic nitrogens is 2. The van der Waals surface area contributed by atoms with Crippen LogP contribution in [0.5, 0.6) is 0 Å². The molecule has 9 nitrogen and oxygen atoms in total. The molecule has 3 aromatic heterocycles. The summed E-state index contributed by atoms with van der Waals surface area (Å²) < 4.78 is 10.5. The van der Waals surface area contributed by atoms with Crippen molar-refractivity contribution in [1.82, 2.24) is 9.97 Å². The Morgan fingerprint density at radius 2 is 2.00 bits per heavy atom. The Hall–Kier alpha value is -4.31. The first-order valence-corrected chi connectivity index (χ1v) is 11.0. The van der Waals surface area contributed by atoms with Crippen LogP contribution in [-0.2, 0) is 9.53 Å². The van der Waals surface area contributed by atoms with Gasteiger partial charge in [-0.25, -0.2) is 9.78 Å². The minimum atomic E-state index is -1.03. The number of nitrogens with zero attached hydrogens (tertiary/aromatic N) is 3. The van der Waals surface area contributed by atoms with Gasteiger partial charge >= 0.3 is 5.97 Å². The summed E-state index contributed by atoms with van der Waals surface area (Å²) in [6.45, 7) is 1.61. The number of rotatable bonds is 5. The van der Waals surface area contributed by atoms with E-state index in [4.69, 9.17) is 9.15 Å². The molecule has 0 aliphatic carbocycles. The fourth-order valence-electron chi connectivity index (χ4n) is 3.88. The first-order chi connectivity index (χ1) is 16.4. The van der Waals surface area contributed by atoms with E-state index in [1.54, 1.807) is 49.5 Å². The Bertz CT molecular complexity index is 1450. The predicted octanol–water partition coefficient (Wildman–Crippen LogP) is 4.16. The molecule has 5 rings (SSSR count). The summed E-state index contributed by atoms with van der Waals surface area (Å²) in [4.78, 5) is 48.8. The molecule has 1 atom stereocenters. The molecule has 4 heterocycles. The van der Waals surface area contributed by atoms with Crippen LogP contribution in [0, 0.1) is 6.92 Å². The second-order valence-electron chi connectivity index (χ2n) is 7.51. The summed E-state index contributed by atoms with van der Waals surface area (Å²) in [5.74, 6) is -2.79. The van der Waals surface area contributed by atoms with E-state index in [0.29, 0.717) is 22.2 Å².